The quantitative estimate of drug-likeness (QED) is 0.429. The number of aryl methyl sites for hydroxylation is 2. The van der Waals surface area contributed by atoms with Crippen LogP contribution in [0.15, 0.2) is 41.2 Å². The summed E-state index contributed by atoms with van der Waals surface area (Å²) in [6, 6.07) is 7.66. The van der Waals surface area contributed by atoms with Crippen LogP contribution in [-0.2, 0) is 13.5 Å². The van der Waals surface area contributed by atoms with E-state index in [1.54, 1.807) is 15.9 Å². The number of aromatic amines is 1. The molecule has 1 aliphatic heterocycles. The van der Waals surface area contributed by atoms with Gasteiger partial charge in [-0.3, -0.25) is 9.48 Å². The van der Waals surface area contributed by atoms with Gasteiger partial charge in [0.25, 0.3) is 5.89 Å². The highest BCUT2D eigenvalue weighted by Crippen LogP contribution is 2.43. The summed E-state index contributed by atoms with van der Waals surface area (Å²) < 4.78 is 9.41. The maximum absolute atomic E-state index is 13.7. The van der Waals surface area contributed by atoms with E-state index in [9.17, 15) is 4.79 Å². The molecule has 1 aliphatic carbocycles. The number of fused-ring (bicyclic) bond motifs is 2. The second kappa shape index (κ2) is 7.36. The molecule has 35 heavy (non-hydrogen) atoms. The molecule has 0 radical (unpaired) electrons. The zero-order chi connectivity index (χ0) is 23.7. The van der Waals surface area contributed by atoms with E-state index in [4.69, 9.17) is 9.52 Å². The average Bonchev–Trinajstić information content (AvgIpc) is 3.24. The molecule has 11 nitrogen and oxygen atoms in total. The minimum absolute atomic E-state index is 0.0743. The van der Waals surface area contributed by atoms with Crippen LogP contribution < -0.4 is 0 Å². The first kappa shape index (κ1) is 20.1. The van der Waals surface area contributed by atoms with Gasteiger partial charge >= 0.3 is 11.8 Å². The summed E-state index contributed by atoms with van der Waals surface area (Å²) in [6.45, 7) is 2.41. The van der Waals surface area contributed by atoms with Crippen LogP contribution >= 0.6 is 0 Å². The second-order valence-electron chi connectivity index (χ2n) is 9.26. The summed E-state index contributed by atoms with van der Waals surface area (Å²) in [5.41, 5.74) is 6.43. The molecule has 176 valence electrons. The van der Waals surface area contributed by atoms with Crippen LogP contribution in [0.3, 0.4) is 0 Å². The van der Waals surface area contributed by atoms with Gasteiger partial charge in [0.05, 0.1) is 23.2 Å². The first-order chi connectivity index (χ1) is 17.1. The van der Waals surface area contributed by atoms with Crippen molar-refractivity contribution in [1.82, 2.24) is 44.5 Å². The van der Waals surface area contributed by atoms with Crippen molar-refractivity contribution < 1.29 is 9.21 Å². The molecule has 1 amide bonds. The Bertz CT molecular complexity index is 1570. The van der Waals surface area contributed by atoms with Crippen molar-refractivity contribution in [3.05, 3.63) is 71.0 Å². The first-order valence-corrected chi connectivity index (χ1v) is 11.7. The summed E-state index contributed by atoms with van der Waals surface area (Å²) in [5.74, 6) is 0.373. The number of hydrogen-bond donors (Lipinski definition) is 1. The van der Waals surface area contributed by atoms with E-state index >= 15 is 0 Å². The fourth-order valence-corrected chi connectivity index (χ4v) is 4.93. The summed E-state index contributed by atoms with van der Waals surface area (Å²) in [4.78, 5) is 23.2. The Morgan fingerprint density at radius 3 is 2.89 bits per heavy atom. The zero-order valence-electron chi connectivity index (χ0n) is 19.3. The van der Waals surface area contributed by atoms with Crippen molar-refractivity contribution in [2.24, 2.45) is 7.05 Å². The molecule has 11 heteroatoms. The number of carbonyl (C=O) groups is 1. The lowest BCUT2D eigenvalue weighted by Gasteiger charge is -2.32. The molecule has 0 bridgehead atoms. The lowest BCUT2D eigenvalue weighted by atomic mass is 9.99. The Morgan fingerprint density at radius 2 is 2.09 bits per heavy atom. The van der Waals surface area contributed by atoms with Gasteiger partial charge in [-0.15, -0.1) is 10.2 Å². The number of nitrogens with zero attached hydrogens (tertiary/aromatic N) is 8. The van der Waals surface area contributed by atoms with Gasteiger partial charge in [0.15, 0.2) is 0 Å². The van der Waals surface area contributed by atoms with Crippen LogP contribution in [0, 0.1) is 6.92 Å². The number of hydrogen-bond acceptors (Lipinski definition) is 7. The minimum Gasteiger partial charge on any atom is -0.411 e. The average molecular weight is 470 g/mol. The highest BCUT2D eigenvalue weighted by Gasteiger charge is 2.38. The van der Waals surface area contributed by atoms with Crippen LogP contribution in [0.25, 0.3) is 17.1 Å². The number of pyridine rings is 1. The van der Waals surface area contributed by atoms with Crippen LogP contribution in [-0.4, -0.2) is 56.9 Å². The number of nitrogens with one attached hydrogen (secondary N) is 1. The van der Waals surface area contributed by atoms with Crippen molar-refractivity contribution in [3.63, 3.8) is 0 Å². The van der Waals surface area contributed by atoms with Gasteiger partial charge < -0.3 is 14.3 Å². The van der Waals surface area contributed by atoms with Crippen molar-refractivity contribution >= 4 is 11.4 Å². The molecule has 0 saturated heterocycles. The van der Waals surface area contributed by atoms with E-state index in [2.05, 4.69) is 37.4 Å². The number of carbonyl (C=O) groups excluding carboxylic acids is 1. The molecule has 1 N–H and O–H groups in total. The molecule has 5 aromatic rings. The van der Waals surface area contributed by atoms with Crippen LogP contribution in [0.1, 0.15) is 63.8 Å². The van der Waals surface area contributed by atoms with Gasteiger partial charge in [0.2, 0.25) is 0 Å². The molecule has 6 heterocycles. The van der Waals surface area contributed by atoms with E-state index < -0.39 is 6.04 Å². The second-order valence-corrected chi connectivity index (χ2v) is 9.26. The highest BCUT2D eigenvalue weighted by atomic mass is 16.4. The van der Waals surface area contributed by atoms with Gasteiger partial charge in [-0.1, -0.05) is 6.07 Å². The summed E-state index contributed by atoms with van der Waals surface area (Å²) in [7, 11) is 1.84. The van der Waals surface area contributed by atoms with Crippen molar-refractivity contribution in [2.75, 3.05) is 6.54 Å². The molecule has 0 aromatic carbocycles. The van der Waals surface area contributed by atoms with Crippen molar-refractivity contribution in [1.29, 1.82) is 0 Å². The van der Waals surface area contributed by atoms with Gasteiger partial charge in [-0.25, -0.2) is 9.50 Å². The molecule has 7 rings (SSSR count). The third-order valence-corrected chi connectivity index (χ3v) is 6.98. The Labute approximate surface area is 199 Å². The standard InChI is InChI=1S/C24H23N9O2/c1-13-10-18(29-31(13)2)22-27-28-23(35-22)24(34)32-9-7-16-20(26-12-25-16)21(32)17-11-19-15(14-5-6-14)4-3-8-33(19)30-17/h3-4,8,10-12,14,21H,5-7,9H2,1-2H3,(H,25,26). The Kier molecular flexibility index (Phi) is 4.23. The normalized spacial score (nSPS) is 17.8. The van der Waals surface area contributed by atoms with E-state index in [0.717, 1.165) is 28.3 Å². The van der Waals surface area contributed by atoms with Gasteiger partial charge in [-0.2, -0.15) is 10.2 Å². The fourth-order valence-electron chi connectivity index (χ4n) is 4.93. The lowest BCUT2D eigenvalue weighted by Crippen LogP contribution is -2.41. The number of amides is 1. The molecule has 1 unspecified atom stereocenters. The summed E-state index contributed by atoms with van der Waals surface area (Å²) >= 11 is 0. The van der Waals surface area contributed by atoms with E-state index in [-0.39, 0.29) is 17.7 Å². The monoisotopic (exact) mass is 469 g/mol. The minimum atomic E-state index is -0.461. The van der Waals surface area contributed by atoms with Crippen LogP contribution in [0.2, 0.25) is 0 Å². The van der Waals surface area contributed by atoms with Crippen molar-refractivity contribution in [3.8, 4) is 11.6 Å². The predicted molar refractivity (Wildman–Crippen MR) is 124 cm³/mol. The maximum atomic E-state index is 13.7. The smallest absolute Gasteiger partial charge is 0.312 e. The first-order valence-electron chi connectivity index (χ1n) is 11.7. The number of rotatable bonds is 4. The molecular formula is C24H23N9O2. The summed E-state index contributed by atoms with van der Waals surface area (Å²) in [6.07, 6.45) is 6.67. The molecular weight excluding hydrogens is 446 g/mol. The SMILES string of the molecule is Cc1cc(-c2nnc(C(=O)N3CCc4[nH]cnc4C3c3cc4c(C5CC5)cccn4n3)o2)nn1C. The number of aromatic nitrogens is 8. The fraction of sp³-hybridized carbons (Fsp3) is 0.333. The van der Waals surface area contributed by atoms with Gasteiger partial charge in [0.1, 0.15) is 11.7 Å². The van der Waals surface area contributed by atoms with E-state index in [0.29, 0.717) is 24.6 Å². The van der Waals surface area contributed by atoms with Gasteiger partial charge in [0, 0.05) is 37.6 Å². The lowest BCUT2D eigenvalue weighted by molar-refractivity contribution is 0.0646. The summed E-state index contributed by atoms with van der Waals surface area (Å²) in [5, 5.41) is 17.4. The molecule has 2 aliphatic rings. The third-order valence-electron chi connectivity index (χ3n) is 6.98. The maximum Gasteiger partial charge on any atom is 0.312 e. The topological polar surface area (TPSA) is 123 Å². The Hall–Kier alpha value is -4.28. The van der Waals surface area contributed by atoms with E-state index in [1.807, 2.05) is 36.8 Å². The molecule has 1 saturated carbocycles. The Morgan fingerprint density at radius 1 is 1.20 bits per heavy atom. The largest absolute Gasteiger partial charge is 0.411 e. The van der Waals surface area contributed by atoms with Gasteiger partial charge in [-0.05, 0) is 49.4 Å². The predicted octanol–water partition coefficient (Wildman–Crippen LogP) is 2.81. The Balaban J connectivity index is 1.28. The third kappa shape index (κ3) is 3.18. The molecule has 1 fully saturated rings. The van der Waals surface area contributed by atoms with Crippen molar-refractivity contribution in [2.45, 2.75) is 38.1 Å². The van der Waals surface area contributed by atoms with Crippen LogP contribution in [0.5, 0.6) is 0 Å². The molecule has 5 aromatic heterocycles. The molecule has 1 atom stereocenters. The number of imidazole rings is 1. The zero-order valence-corrected chi connectivity index (χ0v) is 19.3. The van der Waals surface area contributed by atoms with Crippen LogP contribution in [0.4, 0.5) is 0 Å². The number of H-pyrrole nitrogens is 1. The highest BCUT2D eigenvalue weighted by molar-refractivity contribution is 5.90. The van der Waals surface area contributed by atoms with E-state index in [1.165, 1.54) is 18.4 Å². The molecule has 0 spiro atoms.